The summed E-state index contributed by atoms with van der Waals surface area (Å²) >= 11 is 1.70. The predicted molar refractivity (Wildman–Crippen MR) is 128 cm³/mol. The Morgan fingerprint density at radius 2 is 1.87 bits per heavy atom. The van der Waals surface area contributed by atoms with Gasteiger partial charge < -0.3 is 10.6 Å². The Morgan fingerprint density at radius 1 is 1.17 bits per heavy atom. The summed E-state index contributed by atoms with van der Waals surface area (Å²) in [5, 5.41) is 3.23. The van der Waals surface area contributed by atoms with Crippen LogP contribution in [0.2, 0.25) is 0 Å². The Balaban J connectivity index is 0.00000160. The molecule has 2 aliphatic rings. The van der Waals surface area contributed by atoms with E-state index in [0.717, 1.165) is 69.1 Å². The molecular weight excluding hydrogens is 439 g/mol. The van der Waals surface area contributed by atoms with Gasteiger partial charge in [-0.05, 0) is 19.8 Å². The van der Waals surface area contributed by atoms with Crippen molar-refractivity contribution in [3.63, 3.8) is 0 Å². The third-order valence-corrected chi connectivity index (χ3v) is 7.13. The first-order chi connectivity index (χ1) is 13.5. The molecule has 1 aromatic heterocycles. The molecule has 2 atom stereocenters. The van der Waals surface area contributed by atoms with E-state index in [-0.39, 0.29) is 42.2 Å². The van der Waals surface area contributed by atoms with Gasteiger partial charge in [-0.2, -0.15) is 0 Å². The highest BCUT2D eigenvalue weighted by Gasteiger charge is 2.40. The number of nitrogens with zero attached hydrogens (tertiary/aromatic N) is 3. The maximum Gasteiger partial charge on any atom is 0.227 e. The predicted octanol–water partition coefficient (Wildman–Crippen LogP) is 4.21. The van der Waals surface area contributed by atoms with Crippen LogP contribution in [0.15, 0.2) is 35.7 Å². The van der Waals surface area contributed by atoms with Crippen molar-refractivity contribution in [2.24, 2.45) is 11.7 Å². The summed E-state index contributed by atoms with van der Waals surface area (Å²) in [6.45, 7) is 6.29. The molecule has 1 amide bonds. The van der Waals surface area contributed by atoms with E-state index in [1.54, 1.807) is 11.3 Å². The third kappa shape index (κ3) is 5.74. The summed E-state index contributed by atoms with van der Waals surface area (Å²) < 4.78 is 0. The minimum atomic E-state index is -0.346. The van der Waals surface area contributed by atoms with Crippen molar-refractivity contribution >= 4 is 42.1 Å². The van der Waals surface area contributed by atoms with Crippen LogP contribution >= 0.6 is 36.2 Å². The zero-order chi connectivity index (χ0) is 19.6. The third-order valence-electron chi connectivity index (χ3n) is 6.19. The number of carbonyl (C=O) groups is 1. The first kappa shape index (κ1) is 25.1. The molecule has 0 bridgehead atoms. The molecule has 2 unspecified atom stereocenters. The van der Waals surface area contributed by atoms with E-state index in [2.05, 4.69) is 29.3 Å². The van der Waals surface area contributed by atoms with E-state index in [1.165, 1.54) is 5.56 Å². The lowest BCUT2D eigenvalue weighted by molar-refractivity contribution is -0.140. The molecule has 1 aliphatic carbocycles. The second-order valence-corrected chi connectivity index (χ2v) is 9.27. The van der Waals surface area contributed by atoms with Gasteiger partial charge in [0.25, 0.3) is 0 Å². The molecule has 1 saturated heterocycles. The van der Waals surface area contributed by atoms with Gasteiger partial charge in [-0.15, -0.1) is 36.2 Å². The summed E-state index contributed by atoms with van der Waals surface area (Å²) in [5.41, 5.74) is 8.39. The van der Waals surface area contributed by atoms with Crippen molar-refractivity contribution in [3.8, 4) is 10.6 Å². The van der Waals surface area contributed by atoms with E-state index in [0.29, 0.717) is 0 Å². The number of hydrogen-bond acceptors (Lipinski definition) is 5. The van der Waals surface area contributed by atoms with Crippen molar-refractivity contribution in [1.29, 1.82) is 0 Å². The summed E-state index contributed by atoms with van der Waals surface area (Å²) in [6, 6.07) is 10.3. The summed E-state index contributed by atoms with van der Waals surface area (Å²) in [7, 11) is 0. The van der Waals surface area contributed by atoms with Crippen molar-refractivity contribution in [2.45, 2.75) is 44.7 Å². The maximum atomic E-state index is 13.0. The van der Waals surface area contributed by atoms with Crippen molar-refractivity contribution in [1.82, 2.24) is 14.8 Å². The van der Waals surface area contributed by atoms with Gasteiger partial charge in [-0.25, -0.2) is 4.98 Å². The molecule has 5 nitrogen and oxygen atoms in total. The maximum absolute atomic E-state index is 13.0. The fourth-order valence-corrected chi connectivity index (χ4v) is 5.25. The minimum absolute atomic E-state index is 0. The van der Waals surface area contributed by atoms with Crippen molar-refractivity contribution in [3.05, 3.63) is 41.4 Å². The molecule has 1 aliphatic heterocycles. The smallest absolute Gasteiger partial charge is 0.227 e. The Kier molecular flexibility index (Phi) is 9.13. The molecule has 166 valence electrons. The van der Waals surface area contributed by atoms with Crippen LogP contribution in [0, 0.1) is 5.92 Å². The van der Waals surface area contributed by atoms with Gasteiger partial charge in [0.15, 0.2) is 0 Å². The molecule has 1 saturated carbocycles. The Hall–Kier alpha value is -1.18. The molecule has 8 heteroatoms. The quantitative estimate of drug-likeness (QED) is 0.726. The lowest BCUT2D eigenvalue weighted by Gasteiger charge is -2.42. The average molecular weight is 471 g/mol. The van der Waals surface area contributed by atoms with E-state index in [4.69, 9.17) is 10.7 Å². The number of aromatic nitrogens is 1. The first-order valence-electron chi connectivity index (χ1n) is 10.3. The minimum Gasteiger partial charge on any atom is -0.340 e. The van der Waals surface area contributed by atoms with Crippen molar-refractivity contribution < 1.29 is 4.79 Å². The molecule has 30 heavy (non-hydrogen) atoms. The van der Waals surface area contributed by atoms with Gasteiger partial charge in [0.05, 0.1) is 11.6 Å². The van der Waals surface area contributed by atoms with Gasteiger partial charge in [0, 0.05) is 49.2 Å². The van der Waals surface area contributed by atoms with Crippen LogP contribution in [0.4, 0.5) is 0 Å². The van der Waals surface area contributed by atoms with E-state index in [9.17, 15) is 4.79 Å². The number of piperazine rings is 1. The van der Waals surface area contributed by atoms with Gasteiger partial charge >= 0.3 is 0 Å². The molecule has 2 heterocycles. The van der Waals surface area contributed by atoms with Crippen LogP contribution < -0.4 is 5.73 Å². The van der Waals surface area contributed by atoms with E-state index in [1.807, 2.05) is 23.1 Å². The monoisotopic (exact) mass is 470 g/mol. The fourth-order valence-electron chi connectivity index (χ4n) is 4.43. The Labute approximate surface area is 195 Å². The molecule has 0 radical (unpaired) electrons. The van der Waals surface area contributed by atoms with Gasteiger partial charge in [-0.1, -0.05) is 43.2 Å². The molecule has 2 N–H and O–H groups in total. The molecule has 0 spiro atoms. The lowest BCUT2D eigenvalue weighted by Crippen LogP contribution is -2.57. The number of nitrogens with two attached hydrogens (primary N) is 1. The number of thiazole rings is 1. The second kappa shape index (κ2) is 10.9. The van der Waals surface area contributed by atoms with Crippen LogP contribution in [0.5, 0.6) is 0 Å². The average Bonchev–Trinajstić information content (AvgIpc) is 3.17. The van der Waals surface area contributed by atoms with Crippen LogP contribution in [-0.2, 0) is 11.3 Å². The largest absolute Gasteiger partial charge is 0.340 e. The molecule has 4 rings (SSSR count). The summed E-state index contributed by atoms with van der Waals surface area (Å²) in [6.07, 6.45) is 4.16. The van der Waals surface area contributed by atoms with Crippen LogP contribution in [0.1, 0.15) is 38.3 Å². The van der Waals surface area contributed by atoms with Gasteiger partial charge in [0.2, 0.25) is 5.91 Å². The van der Waals surface area contributed by atoms with Crippen molar-refractivity contribution in [2.75, 3.05) is 26.2 Å². The summed E-state index contributed by atoms with van der Waals surface area (Å²) in [4.78, 5) is 22.2. The normalized spacial score (nSPS) is 24.6. The zero-order valence-corrected chi connectivity index (χ0v) is 19.9. The lowest BCUT2D eigenvalue weighted by atomic mass is 9.74. The van der Waals surface area contributed by atoms with E-state index < -0.39 is 0 Å². The zero-order valence-electron chi connectivity index (χ0n) is 17.5. The van der Waals surface area contributed by atoms with Crippen LogP contribution in [-0.4, -0.2) is 52.4 Å². The van der Waals surface area contributed by atoms with Gasteiger partial charge in [-0.3, -0.25) is 9.69 Å². The van der Waals surface area contributed by atoms with Crippen LogP contribution in [0.25, 0.3) is 10.6 Å². The fraction of sp³-hybridized carbons (Fsp3) is 0.545. The van der Waals surface area contributed by atoms with Gasteiger partial charge in [0.1, 0.15) is 5.01 Å². The van der Waals surface area contributed by atoms with E-state index >= 15 is 0 Å². The highest BCUT2D eigenvalue weighted by Crippen LogP contribution is 2.33. The topological polar surface area (TPSA) is 62.5 Å². The highest BCUT2D eigenvalue weighted by atomic mass is 35.5. The number of benzene rings is 1. The second-order valence-electron chi connectivity index (χ2n) is 8.42. The summed E-state index contributed by atoms with van der Waals surface area (Å²) in [5.74, 6) is 0.254. The highest BCUT2D eigenvalue weighted by molar-refractivity contribution is 7.13. The number of halogens is 2. The SMILES string of the molecule is CC1(N)CCCCC1C(=O)N1CCN(Cc2csc(-c3ccccc3)n2)CC1.Cl.Cl. The number of carbonyl (C=O) groups excluding carboxylic acids is 1. The Bertz CT molecular complexity index is 806. The molecular formula is C22H32Cl2N4OS. The number of rotatable bonds is 4. The molecule has 1 aromatic carbocycles. The molecule has 2 aromatic rings. The number of amides is 1. The molecule has 2 fully saturated rings. The Morgan fingerprint density at radius 3 is 2.53 bits per heavy atom. The standard InChI is InChI=1S/C22H30N4OS.2ClH/c1-22(23)10-6-5-9-19(22)21(27)26-13-11-25(12-14-26)15-18-16-28-20(24-18)17-7-3-2-4-8-17;;/h2-4,7-8,16,19H,5-6,9-15,23H2,1H3;2*1H. The number of hydrogen-bond donors (Lipinski definition) is 1. The first-order valence-corrected chi connectivity index (χ1v) is 11.2. The van der Waals surface area contributed by atoms with Crippen LogP contribution in [0.3, 0.4) is 0 Å².